The van der Waals surface area contributed by atoms with Crippen molar-refractivity contribution in [3.8, 4) is 5.75 Å². The Morgan fingerprint density at radius 3 is 2.61 bits per heavy atom. The summed E-state index contributed by atoms with van der Waals surface area (Å²) >= 11 is 0. The third-order valence-electron chi connectivity index (χ3n) is 3.97. The lowest BCUT2D eigenvalue weighted by Crippen LogP contribution is -2.48. The molecule has 2 aliphatic heterocycles. The summed E-state index contributed by atoms with van der Waals surface area (Å²) in [6, 6.07) is 1.76. The number of nitrogens with zero attached hydrogens (tertiary/aromatic N) is 2. The highest BCUT2D eigenvalue weighted by Crippen LogP contribution is 2.37. The van der Waals surface area contributed by atoms with Gasteiger partial charge in [0.05, 0.1) is 17.9 Å². The zero-order chi connectivity index (χ0) is 12.7. The number of fused-ring (bicyclic) bond motifs is 2. The predicted molar refractivity (Wildman–Crippen MR) is 64.1 cm³/mol. The number of piperidine rings is 1. The van der Waals surface area contributed by atoms with E-state index in [1.165, 1.54) is 12.4 Å². The molecule has 1 aromatic heterocycles. The smallest absolute Gasteiger partial charge is 0.258 e. The van der Waals surface area contributed by atoms with Gasteiger partial charge in [-0.05, 0) is 31.7 Å². The van der Waals surface area contributed by atoms with E-state index in [1.807, 2.05) is 4.90 Å². The summed E-state index contributed by atoms with van der Waals surface area (Å²) < 4.78 is 0. The molecule has 1 amide bonds. The van der Waals surface area contributed by atoms with Crippen LogP contribution in [0.15, 0.2) is 18.5 Å². The van der Waals surface area contributed by atoms with Crippen LogP contribution < -0.4 is 0 Å². The van der Waals surface area contributed by atoms with Crippen molar-refractivity contribution in [3.63, 3.8) is 0 Å². The maximum absolute atomic E-state index is 12.4. The van der Waals surface area contributed by atoms with Crippen LogP contribution in [0, 0.1) is 0 Å². The first-order valence-electron chi connectivity index (χ1n) is 6.30. The molecule has 0 saturated carbocycles. The molecule has 18 heavy (non-hydrogen) atoms. The fourth-order valence-corrected chi connectivity index (χ4v) is 3.19. The number of aliphatic hydroxyl groups excluding tert-OH is 1. The van der Waals surface area contributed by atoms with Crippen molar-refractivity contribution in [3.05, 3.63) is 24.0 Å². The average molecular weight is 248 g/mol. The van der Waals surface area contributed by atoms with Crippen molar-refractivity contribution in [1.29, 1.82) is 0 Å². The summed E-state index contributed by atoms with van der Waals surface area (Å²) in [6.45, 7) is 0. The van der Waals surface area contributed by atoms with E-state index in [0.29, 0.717) is 18.4 Å². The third-order valence-corrected chi connectivity index (χ3v) is 3.97. The van der Waals surface area contributed by atoms with Crippen LogP contribution in [0.25, 0.3) is 0 Å². The van der Waals surface area contributed by atoms with E-state index in [9.17, 15) is 15.0 Å². The zero-order valence-electron chi connectivity index (χ0n) is 9.99. The van der Waals surface area contributed by atoms with Crippen molar-refractivity contribution in [2.75, 3.05) is 0 Å². The Morgan fingerprint density at radius 2 is 2.00 bits per heavy atom. The van der Waals surface area contributed by atoms with Gasteiger partial charge in [-0.2, -0.15) is 0 Å². The summed E-state index contributed by atoms with van der Waals surface area (Å²) in [4.78, 5) is 18.1. The molecule has 5 heteroatoms. The first-order valence-corrected chi connectivity index (χ1v) is 6.30. The van der Waals surface area contributed by atoms with E-state index >= 15 is 0 Å². The first kappa shape index (κ1) is 11.5. The number of aromatic hydroxyl groups is 1. The van der Waals surface area contributed by atoms with Crippen LogP contribution >= 0.6 is 0 Å². The van der Waals surface area contributed by atoms with Gasteiger partial charge in [0.2, 0.25) is 0 Å². The van der Waals surface area contributed by atoms with Crippen molar-refractivity contribution < 1.29 is 15.0 Å². The second-order valence-corrected chi connectivity index (χ2v) is 5.12. The SMILES string of the molecule is O=C(c1ccncc1O)N1C2CCC1CC(O)C2. The van der Waals surface area contributed by atoms with Gasteiger partial charge in [0.25, 0.3) is 5.91 Å². The maximum Gasteiger partial charge on any atom is 0.258 e. The number of hydrogen-bond donors (Lipinski definition) is 2. The average Bonchev–Trinajstić information content (AvgIpc) is 2.61. The summed E-state index contributed by atoms with van der Waals surface area (Å²) in [5.74, 6) is -0.220. The van der Waals surface area contributed by atoms with E-state index in [-0.39, 0.29) is 29.8 Å². The minimum atomic E-state index is -0.294. The highest BCUT2D eigenvalue weighted by atomic mass is 16.3. The Morgan fingerprint density at radius 1 is 1.33 bits per heavy atom. The standard InChI is InChI=1S/C13H16N2O3/c16-10-5-8-1-2-9(6-10)15(8)13(18)11-3-4-14-7-12(11)17/h3-4,7-10,16-17H,1-2,5-6H2. The Hall–Kier alpha value is -1.62. The fourth-order valence-electron chi connectivity index (χ4n) is 3.19. The molecule has 2 unspecified atom stereocenters. The molecule has 1 aromatic rings. The van der Waals surface area contributed by atoms with Gasteiger partial charge in [0.1, 0.15) is 5.75 Å². The maximum atomic E-state index is 12.4. The van der Waals surface area contributed by atoms with Gasteiger partial charge < -0.3 is 15.1 Å². The molecule has 2 bridgehead atoms. The lowest BCUT2D eigenvalue weighted by molar-refractivity contribution is 0.0285. The van der Waals surface area contributed by atoms with Crippen LogP contribution in [0.4, 0.5) is 0 Å². The van der Waals surface area contributed by atoms with Crippen LogP contribution in [-0.2, 0) is 0 Å². The molecule has 0 radical (unpaired) electrons. The Labute approximate surface area is 105 Å². The van der Waals surface area contributed by atoms with Crippen molar-refractivity contribution >= 4 is 5.91 Å². The molecule has 2 atom stereocenters. The molecule has 0 aliphatic carbocycles. The van der Waals surface area contributed by atoms with Gasteiger partial charge in [-0.1, -0.05) is 0 Å². The fraction of sp³-hybridized carbons (Fsp3) is 0.538. The van der Waals surface area contributed by atoms with Gasteiger partial charge in [0, 0.05) is 18.3 Å². The largest absolute Gasteiger partial charge is 0.505 e. The predicted octanol–water partition coefficient (Wildman–Crippen LogP) is 0.915. The van der Waals surface area contributed by atoms with Gasteiger partial charge in [-0.3, -0.25) is 9.78 Å². The Kier molecular flexibility index (Phi) is 2.70. The number of amides is 1. The summed E-state index contributed by atoms with van der Waals surface area (Å²) in [6.07, 6.45) is 5.68. The summed E-state index contributed by atoms with van der Waals surface area (Å²) in [5, 5.41) is 19.4. The van der Waals surface area contributed by atoms with Crippen molar-refractivity contribution in [2.24, 2.45) is 0 Å². The van der Waals surface area contributed by atoms with E-state index in [0.717, 1.165) is 12.8 Å². The quantitative estimate of drug-likeness (QED) is 0.775. The molecule has 2 aliphatic rings. The molecule has 2 fully saturated rings. The minimum absolute atomic E-state index is 0.0759. The van der Waals surface area contributed by atoms with Crippen LogP contribution in [0.1, 0.15) is 36.0 Å². The second-order valence-electron chi connectivity index (χ2n) is 5.12. The second kappa shape index (κ2) is 4.24. The van der Waals surface area contributed by atoms with Crippen LogP contribution in [-0.4, -0.2) is 44.2 Å². The molecule has 3 rings (SSSR count). The van der Waals surface area contributed by atoms with E-state index in [4.69, 9.17) is 0 Å². The van der Waals surface area contributed by atoms with Crippen LogP contribution in [0.5, 0.6) is 5.75 Å². The van der Waals surface area contributed by atoms with Crippen molar-refractivity contribution in [2.45, 2.75) is 43.9 Å². The number of carbonyl (C=O) groups excluding carboxylic acids is 1. The van der Waals surface area contributed by atoms with Crippen molar-refractivity contribution in [1.82, 2.24) is 9.88 Å². The zero-order valence-corrected chi connectivity index (χ0v) is 9.99. The van der Waals surface area contributed by atoms with E-state index in [1.54, 1.807) is 6.07 Å². The van der Waals surface area contributed by atoms with E-state index in [2.05, 4.69) is 4.98 Å². The number of aliphatic hydroxyl groups is 1. The van der Waals surface area contributed by atoms with Gasteiger partial charge >= 0.3 is 0 Å². The third kappa shape index (κ3) is 1.75. The number of rotatable bonds is 1. The van der Waals surface area contributed by atoms with Crippen LogP contribution in [0.2, 0.25) is 0 Å². The lowest BCUT2D eigenvalue weighted by Gasteiger charge is -2.37. The molecule has 3 heterocycles. The summed E-state index contributed by atoms with van der Waals surface area (Å²) in [5.41, 5.74) is 0.304. The molecule has 2 saturated heterocycles. The number of hydrogen-bond acceptors (Lipinski definition) is 4. The lowest BCUT2D eigenvalue weighted by atomic mass is 9.99. The number of aromatic nitrogens is 1. The Balaban J connectivity index is 1.88. The molecule has 0 spiro atoms. The molecule has 0 aromatic carbocycles. The van der Waals surface area contributed by atoms with Gasteiger partial charge in [-0.15, -0.1) is 0 Å². The Bertz CT molecular complexity index is 463. The normalized spacial score (nSPS) is 30.5. The van der Waals surface area contributed by atoms with Gasteiger partial charge in [-0.25, -0.2) is 0 Å². The topological polar surface area (TPSA) is 73.7 Å². The minimum Gasteiger partial charge on any atom is -0.505 e. The highest BCUT2D eigenvalue weighted by molar-refractivity contribution is 5.97. The monoisotopic (exact) mass is 248 g/mol. The number of pyridine rings is 1. The van der Waals surface area contributed by atoms with Gasteiger partial charge in [0.15, 0.2) is 0 Å². The molecule has 96 valence electrons. The molecular formula is C13H16N2O3. The number of carbonyl (C=O) groups is 1. The first-order chi connectivity index (χ1) is 8.66. The molecular weight excluding hydrogens is 232 g/mol. The summed E-state index contributed by atoms with van der Waals surface area (Å²) in [7, 11) is 0. The molecule has 5 nitrogen and oxygen atoms in total. The van der Waals surface area contributed by atoms with E-state index < -0.39 is 0 Å². The highest BCUT2D eigenvalue weighted by Gasteiger charge is 2.43. The molecule has 2 N–H and O–H groups in total. The van der Waals surface area contributed by atoms with Crippen LogP contribution in [0.3, 0.4) is 0 Å².